The zero-order valence-electron chi connectivity index (χ0n) is 10.2. The maximum Gasteiger partial charge on any atom is 0.0411 e. The van der Waals surface area contributed by atoms with Crippen LogP contribution in [0.3, 0.4) is 0 Å². The molecule has 0 saturated carbocycles. The summed E-state index contributed by atoms with van der Waals surface area (Å²) in [6.07, 6.45) is 4.00. The first kappa shape index (κ1) is 11.5. The molecule has 1 aliphatic heterocycles. The molecule has 1 aromatic carbocycles. The molecule has 2 heteroatoms. The minimum absolute atomic E-state index is 0.642. The van der Waals surface area contributed by atoms with Crippen molar-refractivity contribution in [1.29, 1.82) is 0 Å². The van der Waals surface area contributed by atoms with Crippen molar-refractivity contribution in [2.24, 2.45) is 11.7 Å². The summed E-state index contributed by atoms with van der Waals surface area (Å²) in [6, 6.07) is 8.54. The number of anilines is 1. The summed E-state index contributed by atoms with van der Waals surface area (Å²) in [5.74, 6) is 0.861. The Labute approximate surface area is 98.4 Å². The van der Waals surface area contributed by atoms with Crippen LogP contribution < -0.4 is 10.6 Å². The largest absolute Gasteiger partial charge is 0.371 e. The first-order chi connectivity index (χ1) is 7.85. The molecule has 0 aliphatic carbocycles. The van der Waals surface area contributed by atoms with Gasteiger partial charge in [-0.15, -0.1) is 0 Å². The van der Waals surface area contributed by atoms with Gasteiger partial charge in [-0.3, -0.25) is 0 Å². The summed E-state index contributed by atoms with van der Waals surface area (Å²) in [5, 5.41) is 0. The molecule has 2 rings (SSSR count). The van der Waals surface area contributed by atoms with Gasteiger partial charge in [0.05, 0.1) is 0 Å². The van der Waals surface area contributed by atoms with Gasteiger partial charge in [0, 0.05) is 25.3 Å². The standard InChI is InChI=1S/C14H22N2/c1-2-12-6-5-9-16(11-12)14-8-4-3-7-13(14)10-15/h3-4,7-8,12H,2,5-6,9-11,15H2,1H3. The summed E-state index contributed by atoms with van der Waals surface area (Å²) in [5.41, 5.74) is 8.43. The third-order valence-corrected chi connectivity index (χ3v) is 3.65. The summed E-state index contributed by atoms with van der Waals surface area (Å²) >= 11 is 0. The van der Waals surface area contributed by atoms with E-state index in [1.165, 1.54) is 43.6 Å². The van der Waals surface area contributed by atoms with Crippen LogP contribution >= 0.6 is 0 Å². The maximum absolute atomic E-state index is 5.80. The highest BCUT2D eigenvalue weighted by Gasteiger charge is 2.19. The normalized spacial score (nSPS) is 21.1. The number of rotatable bonds is 3. The van der Waals surface area contributed by atoms with Gasteiger partial charge in [0.25, 0.3) is 0 Å². The Hall–Kier alpha value is -1.02. The highest BCUT2D eigenvalue weighted by atomic mass is 15.1. The van der Waals surface area contributed by atoms with Crippen molar-refractivity contribution in [3.63, 3.8) is 0 Å². The number of piperidine rings is 1. The van der Waals surface area contributed by atoms with E-state index in [0.717, 1.165) is 5.92 Å². The smallest absolute Gasteiger partial charge is 0.0411 e. The topological polar surface area (TPSA) is 29.3 Å². The third kappa shape index (κ3) is 2.38. The van der Waals surface area contributed by atoms with Crippen molar-refractivity contribution in [3.05, 3.63) is 29.8 Å². The first-order valence-corrected chi connectivity index (χ1v) is 6.38. The molecule has 1 unspecified atom stereocenters. The fourth-order valence-electron chi connectivity index (χ4n) is 2.61. The average Bonchev–Trinajstić information content (AvgIpc) is 2.38. The summed E-state index contributed by atoms with van der Waals surface area (Å²) < 4.78 is 0. The Morgan fingerprint density at radius 3 is 2.94 bits per heavy atom. The van der Waals surface area contributed by atoms with Gasteiger partial charge in [-0.2, -0.15) is 0 Å². The minimum atomic E-state index is 0.642. The van der Waals surface area contributed by atoms with E-state index in [9.17, 15) is 0 Å². The van der Waals surface area contributed by atoms with Gasteiger partial charge in [0.1, 0.15) is 0 Å². The van der Waals surface area contributed by atoms with Crippen molar-refractivity contribution in [3.8, 4) is 0 Å². The number of hydrogen-bond acceptors (Lipinski definition) is 2. The van der Waals surface area contributed by atoms with Crippen molar-refractivity contribution < 1.29 is 0 Å². The monoisotopic (exact) mass is 218 g/mol. The Kier molecular flexibility index (Phi) is 3.83. The molecule has 88 valence electrons. The Morgan fingerprint density at radius 2 is 2.19 bits per heavy atom. The maximum atomic E-state index is 5.80. The molecular formula is C14H22N2. The Bertz CT molecular complexity index is 335. The summed E-state index contributed by atoms with van der Waals surface area (Å²) in [7, 11) is 0. The van der Waals surface area contributed by atoms with Crippen LogP contribution in [0, 0.1) is 5.92 Å². The van der Waals surface area contributed by atoms with E-state index in [2.05, 4.69) is 36.1 Å². The molecule has 1 aliphatic rings. The molecule has 1 fully saturated rings. The number of para-hydroxylation sites is 1. The van der Waals surface area contributed by atoms with Gasteiger partial charge in [-0.05, 0) is 30.4 Å². The quantitative estimate of drug-likeness (QED) is 0.845. The first-order valence-electron chi connectivity index (χ1n) is 6.38. The molecule has 0 radical (unpaired) electrons. The molecule has 2 N–H and O–H groups in total. The number of nitrogens with two attached hydrogens (primary N) is 1. The van der Waals surface area contributed by atoms with Crippen LogP contribution in [-0.4, -0.2) is 13.1 Å². The van der Waals surface area contributed by atoms with Crippen LogP contribution in [0.1, 0.15) is 31.7 Å². The average molecular weight is 218 g/mol. The van der Waals surface area contributed by atoms with Crippen LogP contribution in [0.5, 0.6) is 0 Å². The molecule has 1 atom stereocenters. The zero-order chi connectivity index (χ0) is 11.4. The molecule has 0 aromatic heterocycles. The molecule has 16 heavy (non-hydrogen) atoms. The number of hydrogen-bond donors (Lipinski definition) is 1. The molecule has 0 bridgehead atoms. The number of benzene rings is 1. The molecular weight excluding hydrogens is 196 g/mol. The second-order valence-electron chi connectivity index (χ2n) is 4.70. The highest BCUT2D eigenvalue weighted by Crippen LogP contribution is 2.27. The van der Waals surface area contributed by atoms with Crippen LogP contribution in [0.15, 0.2) is 24.3 Å². The van der Waals surface area contributed by atoms with E-state index in [4.69, 9.17) is 5.73 Å². The van der Waals surface area contributed by atoms with Gasteiger partial charge >= 0.3 is 0 Å². The van der Waals surface area contributed by atoms with E-state index in [1.807, 2.05) is 0 Å². The minimum Gasteiger partial charge on any atom is -0.371 e. The molecule has 0 spiro atoms. The van der Waals surface area contributed by atoms with Gasteiger partial charge in [0.15, 0.2) is 0 Å². The Balaban J connectivity index is 2.16. The third-order valence-electron chi connectivity index (χ3n) is 3.65. The van der Waals surface area contributed by atoms with Crippen LogP contribution in [-0.2, 0) is 6.54 Å². The van der Waals surface area contributed by atoms with Gasteiger partial charge in [-0.1, -0.05) is 31.5 Å². The lowest BCUT2D eigenvalue weighted by molar-refractivity contribution is 0.404. The second kappa shape index (κ2) is 5.35. The van der Waals surface area contributed by atoms with Gasteiger partial charge in [0.2, 0.25) is 0 Å². The van der Waals surface area contributed by atoms with Crippen LogP contribution in [0.2, 0.25) is 0 Å². The van der Waals surface area contributed by atoms with Crippen LogP contribution in [0.25, 0.3) is 0 Å². The lowest BCUT2D eigenvalue weighted by Gasteiger charge is -2.35. The van der Waals surface area contributed by atoms with Crippen molar-refractivity contribution in [2.45, 2.75) is 32.7 Å². The Morgan fingerprint density at radius 1 is 1.38 bits per heavy atom. The fourth-order valence-corrected chi connectivity index (χ4v) is 2.61. The van der Waals surface area contributed by atoms with Gasteiger partial charge < -0.3 is 10.6 Å². The van der Waals surface area contributed by atoms with E-state index in [1.54, 1.807) is 0 Å². The zero-order valence-corrected chi connectivity index (χ0v) is 10.2. The molecule has 1 aromatic rings. The van der Waals surface area contributed by atoms with Crippen molar-refractivity contribution in [2.75, 3.05) is 18.0 Å². The van der Waals surface area contributed by atoms with E-state index in [-0.39, 0.29) is 0 Å². The highest BCUT2D eigenvalue weighted by molar-refractivity contribution is 5.53. The fraction of sp³-hybridized carbons (Fsp3) is 0.571. The lowest BCUT2D eigenvalue weighted by Crippen LogP contribution is -2.35. The predicted octanol–water partition coefficient (Wildman–Crippen LogP) is 2.77. The van der Waals surface area contributed by atoms with E-state index >= 15 is 0 Å². The SMILES string of the molecule is CCC1CCCN(c2ccccc2CN)C1. The predicted molar refractivity (Wildman–Crippen MR) is 69.6 cm³/mol. The second-order valence-corrected chi connectivity index (χ2v) is 4.70. The van der Waals surface area contributed by atoms with E-state index in [0.29, 0.717) is 6.54 Å². The van der Waals surface area contributed by atoms with E-state index < -0.39 is 0 Å². The molecule has 1 heterocycles. The van der Waals surface area contributed by atoms with Crippen molar-refractivity contribution in [1.82, 2.24) is 0 Å². The molecule has 1 saturated heterocycles. The van der Waals surface area contributed by atoms with Gasteiger partial charge in [-0.25, -0.2) is 0 Å². The number of nitrogens with zero attached hydrogens (tertiary/aromatic N) is 1. The molecule has 0 amide bonds. The van der Waals surface area contributed by atoms with Crippen LogP contribution in [0.4, 0.5) is 5.69 Å². The molecule has 2 nitrogen and oxygen atoms in total. The lowest BCUT2D eigenvalue weighted by atomic mass is 9.95. The summed E-state index contributed by atoms with van der Waals surface area (Å²) in [4.78, 5) is 2.51. The van der Waals surface area contributed by atoms with Crippen molar-refractivity contribution >= 4 is 5.69 Å². The summed E-state index contributed by atoms with van der Waals surface area (Å²) in [6.45, 7) is 5.33.